The topological polar surface area (TPSA) is 109 Å². The number of carbonyl (C=O) groups is 2. The van der Waals surface area contributed by atoms with E-state index in [4.69, 9.17) is 27.9 Å². The van der Waals surface area contributed by atoms with Crippen LogP contribution < -0.4 is 15.4 Å². The average Bonchev–Trinajstić information content (AvgIpc) is 3.35. The Morgan fingerprint density at radius 3 is 2.58 bits per heavy atom. The number of fused-ring (bicyclic) bond motifs is 1. The first-order chi connectivity index (χ1) is 18.3. The van der Waals surface area contributed by atoms with Crippen molar-refractivity contribution in [2.24, 2.45) is 0 Å². The van der Waals surface area contributed by atoms with Crippen molar-refractivity contribution < 1.29 is 14.3 Å². The van der Waals surface area contributed by atoms with E-state index in [0.29, 0.717) is 56.8 Å². The number of pyridine rings is 1. The van der Waals surface area contributed by atoms with Gasteiger partial charge in [-0.15, -0.1) is 11.3 Å². The molecule has 0 radical (unpaired) electrons. The highest BCUT2D eigenvalue weighted by atomic mass is 35.5. The molecule has 198 valence electrons. The number of carbonyl (C=O) groups excluding carboxylic acids is 2. The fraction of sp³-hybridized carbons (Fsp3) is 0.269. The smallest absolute Gasteiger partial charge is 0.258 e. The second-order valence-electron chi connectivity index (χ2n) is 8.32. The van der Waals surface area contributed by atoms with Crippen LogP contribution in [0.25, 0.3) is 10.2 Å². The molecule has 1 aromatic carbocycles. The molecule has 0 fully saturated rings. The highest BCUT2D eigenvalue weighted by Gasteiger charge is 2.21. The van der Waals surface area contributed by atoms with Crippen LogP contribution in [0.4, 0.5) is 17.3 Å². The lowest BCUT2D eigenvalue weighted by atomic mass is 10.1. The van der Waals surface area contributed by atoms with Gasteiger partial charge in [0.1, 0.15) is 22.9 Å². The molecule has 0 saturated carbocycles. The molecule has 3 heterocycles. The zero-order chi connectivity index (χ0) is 27.4. The summed E-state index contributed by atoms with van der Waals surface area (Å²) >= 11 is 14.2. The Morgan fingerprint density at radius 1 is 1.11 bits per heavy atom. The first-order valence-electron chi connectivity index (χ1n) is 11.8. The van der Waals surface area contributed by atoms with E-state index in [1.165, 1.54) is 24.8 Å². The summed E-state index contributed by atoms with van der Waals surface area (Å²) in [6, 6.07) is 5.33. The number of aryl methyl sites for hydroxylation is 1. The normalized spacial score (nSPS) is 10.9. The van der Waals surface area contributed by atoms with E-state index in [-0.39, 0.29) is 23.0 Å². The van der Waals surface area contributed by atoms with Crippen molar-refractivity contribution in [2.75, 3.05) is 30.8 Å². The Morgan fingerprint density at radius 2 is 1.87 bits per heavy atom. The number of nitrogens with one attached hydrogen (secondary N) is 2. The van der Waals surface area contributed by atoms with Crippen LogP contribution in [-0.2, 0) is 11.2 Å². The third kappa shape index (κ3) is 5.67. The van der Waals surface area contributed by atoms with Gasteiger partial charge in [-0.05, 0) is 50.1 Å². The van der Waals surface area contributed by atoms with Crippen molar-refractivity contribution in [1.82, 2.24) is 19.9 Å². The van der Waals surface area contributed by atoms with Gasteiger partial charge in [0.25, 0.3) is 5.91 Å². The standard InChI is InChI=1S/C26H26Cl2N6O3S/c1-5-34(6-2)19(35)11-15-7-8-29-18(10-15)32-25-24-22(30-13-31-25)16(12-38-24)26(36)33-23-20(27)14(3)9-17(37-4)21(23)28/h7-10,12-13H,5-6,11H2,1-4H3,(H,33,36)(H,29,30,31,32). The molecule has 0 saturated heterocycles. The number of ether oxygens (including phenoxy) is 1. The van der Waals surface area contributed by atoms with E-state index in [1.807, 2.05) is 26.0 Å². The van der Waals surface area contributed by atoms with Crippen LogP contribution in [0.2, 0.25) is 10.0 Å². The lowest BCUT2D eigenvalue weighted by Crippen LogP contribution is -2.31. The zero-order valence-corrected chi connectivity index (χ0v) is 23.6. The zero-order valence-electron chi connectivity index (χ0n) is 21.3. The Labute approximate surface area is 234 Å². The molecular formula is C26H26Cl2N6O3S. The van der Waals surface area contributed by atoms with Crippen LogP contribution in [-0.4, -0.2) is 51.9 Å². The van der Waals surface area contributed by atoms with Gasteiger partial charge < -0.3 is 20.3 Å². The van der Waals surface area contributed by atoms with Gasteiger partial charge in [-0.25, -0.2) is 15.0 Å². The summed E-state index contributed by atoms with van der Waals surface area (Å²) in [6.07, 6.45) is 3.29. The first kappa shape index (κ1) is 27.6. The van der Waals surface area contributed by atoms with E-state index in [9.17, 15) is 9.59 Å². The van der Waals surface area contributed by atoms with E-state index >= 15 is 0 Å². The molecule has 4 aromatic rings. The quantitative estimate of drug-likeness (QED) is 0.248. The Hall–Kier alpha value is -3.47. The molecular weight excluding hydrogens is 547 g/mol. The number of rotatable bonds is 9. The average molecular weight is 574 g/mol. The largest absolute Gasteiger partial charge is 0.495 e. The summed E-state index contributed by atoms with van der Waals surface area (Å²) in [5.74, 6) is 1.05. The van der Waals surface area contributed by atoms with Gasteiger partial charge in [0.2, 0.25) is 5.91 Å². The van der Waals surface area contributed by atoms with Gasteiger partial charge in [-0.1, -0.05) is 23.2 Å². The fourth-order valence-electron chi connectivity index (χ4n) is 3.92. The highest BCUT2D eigenvalue weighted by Crippen LogP contribution is 2.41. The second kappa shape index (κ2) is 11.9. The van der Waals surface area contributed by atoms with Gasteiger partial charge >= 0.3 is 0 Å². The highest BCUT2D eigenvalue weighted by molar-refractivity contribution is 7.18. The monoisotopic (exact) mass is 572 g/mol. The van der Waals surface area contributed by atoms with Crippen molar-refractivity contribution in [3.05, 3.63) is 62.8 Å². The maximum Gasteiger partial charge on any atom is 0.258 e. The minimum Gasteiger partial charge on any atom is -0.495 e. The maximum absolute atomic E-state index is 13.2. The van der Waals surface area contributed by atoms with E-state index < -0.39 is 5.91 Å². The number of likely N-dealkylation sites (N-methyl/N-ethyl adjacent to an activating group) is 1. The molecule has 0 atom stereocenters. The van der Waals surface area contributed by atoms with Gasteiger partial charge in [-0.3, -0.25) is 9.59 Å². The molecule has 2 amide bonds. The summed E-state index contributed by atoms with van der Waals surface area (Å²) in [7, 11) is 1.49. The third-order valence-electron chi connectivity index (χ3n) is 5.95. The lowest BCUT2D eigenvalue weighted by molar-refractivity contribution is -0.130. The SMILES string of the molecule is CCN(CC)C(=O)Cc1ccnc(Nc2ncnc3c(C(=O)Nc4c(Cl)c(C)cc(OC)c4Cl)csc23)c1. The minimum absolute atomic E-state index is 0.0527. The summed E-state index contributed by atoms with van der Waals surface area (Å²) in [6.45, 7) is 7.03. The summed E-state index contributed by atoms with van der Waals surface area (Å²) in [5, 5.41) is 8.22. The number of hydrogen-bond acceptors (Lipinski definition) is 8. The number of hydrogen-bond donors (Lipinski definition) is 2. The molecule has 0 bridgehead atoms. The van der Waals surface area contributed by atoms with Gasteiger partial charge in [0.15, 0.2) is 5.82 Å². The fourth-order valence-corrected chi connectivity index (χ4v) is 5.38. The van der Waals surface area contributed by atoms with Crippen molar-refractivity contribution in [3.63, 3.8) is 0 Å². The lowest BCUT2D eigenvalue weighted by Gasteiger charge is -2.18. The maximum atomic E-state index is 13.2. The molecule has 12 heteroatoms. The van der Waals surface area contributed by atoms with E-state index in [2.05, 4.69) is 25.6 Å². The molecule has 2 N–H and O–H groups in total. The Balaban J connectivity index is 1.59. The summed E-state index contributed by atoms with van der Waals surface area (Å²) in [5.41, 5.74) is 2.61. The van der Waals surface area contributed by atoms with E-state index in [0.717, 1.165) is 5.56 Å². The number of methoxy groups -OCH3 is 1. The molecule has 9 nitrogen and oxygen atoms in total. The number of halogens is 2. The van der Waals surface area contributed by atoms with Crippen LogP contribution in [0.5, 0.6) is 5.75 Å². The van der Waals surface area contributed by atoms with Crippen molar-refractivity contribution in [2.45, 2.75) is 27.2 Å². The predicted octanol–water partition coefficient (Wildman–Crippen LogP) is 6.12. The molecule has 0 aliphatic rings. The number of anilines is 3. The minimum atomic E-state index is -0.424. The predicted molar refractivity (Wildman–Crippen MR) is 152 cm³/mol. The molecule has 4 rings (SSSR count). The first-order valence-corrected chi connectivity index (χ1v) is 13.5. The molecule has 0 aliphatic heterocycles. The summed E-state index contributed by atoms with van der Waals surface area (Å²) < 4.78 is 5.96. The van der Waals surface area contributed by atoms with Crippen LogP contribution >= 0.6 is 34.5 Å². The second-order valence-corrected chi connectivity index (χ2v) is 9.95. The Kier molecular flexibility index (Phi) is 8.65. The molecule has 0 spiro atoms. The number of thiophene rings is 1. The third-order valence-corrected chi connectivity index (χ3v) is 7.79. The van der Waals surface area contributed by atoms with Gasteiger partial charge in [0, 0.05) is 24.7 Å². The Bertz CT molecular complexity index is 1510. The van der Waals surface area contributed by atoms with Crippen molar-refractivity contribution >= 4 is 73.9 Å². The van der Waals surface area contributed by atoms with Gasteiger partial charge in [-0.2, -0.15) is 0 Å². The van der Waals surface area contributed by atoms with Gasteiger partial charge in [0.05, 0.1) is 40.0 Å². The molecule has 3 aromatic heterocycles. The molecule has 0 unspecified atom stereocenters. The van der Waals surface area contributed by atoms with Crippen LogP contribution in [0.3, 0.4) is 0 Å². The van der Waals surface area contributed by atoms with Crippen molar-refractivity contribution in [1.29, 1.82) is 0 Å². The number of aromatic nitrogens is 3. The molecule has 0 aliphatic carbocycles. The van der Waals surface area contributed by atoms with E-state index in [1.54, 1.807) is 29.5 Å². The molecule has 38 heavy (non-hydrogen) atoms. The number of benzene rings is 1. The number of amides is 2. The summed E-state index contributed by atoms with van der Waals surface area (Å²) in [4.78, 5) is 40.6. The number of nitrogens with zero attached hydrogens (tertiary/aromatic N) is 4. The van der Waals surface area contributed by atoms with Crippen LogP contribution in [0.15, 0.2) is 36.1 Å². The van der Waals surface area contributed by atoms with Crippen LogP contribution in [0.1, 0.15) is 35.3 Å². The van der Waals surface area contributed by atoms with Crippen LogP contribution in [0, 0.1) is 6.92 Å². The van der Waals surface area contributed by atoms with Crippen molar-refractivity contribution in [3.8, 4) is 5.75 Å².